The Morgan fingerprint density at radius 3 is 2.41 bits per heavy atom. The van der Waals surface area contributed by atoms with Crippen molar-refractivity contribution in [3.05, 3.63) is 59.7 Å². The van der Waals surface area contributed by atoms with Crippen molar-refractivity contribution in [2.75, 3.05) is 40.3 Å². The topological polar surface area (TPSA) is 64.1 Å². The molecule has 32 heavy (non-hydrogen) atoms. The minimum atomic E-state index is -0.0110. The second kappa shape index (κ2) is 9.43. The van der Waals surface area contributed by atoms with Gasteiger partial charge in [-0.3, -0.25) is 14.5 Å². The lowest BCUT2D eigenvalue weighted by molar-refractivity contribution is -0.134. The van der Waals surface area contributed by atoms with Crippen LogP contribution in [0.1, 0.15) is 41.6 Å². The van der Waals surface area contributed by atoms with E-state index < -0.39 is 0 Å². The third kappa shape index (κ3) is 4.30. The molecule has 0 spiro atoms. The van der Waals surface area contributed by atoms with Gasteiger partial charge in [0.15, 0.2) is 0 Å². The third-order valence-corrected chi connectivity index (χ3v) is 6.96. The van der Waals surface area contributed by atoms with E-state index in [-0.39, 0.29) is 36.4 Å². The standard InChI is InChI=1S/C26H33N3O3/c1-18(31)28-13-4-5-14-29-23(16-28)25(24(29)17-30)20-11-9-19(10-12-20)21-7-6-8-22(15-21)26(32)27(2)3/h6-12,15,23-25,30H,4-5,13-14,16-17H2,1-3H3/t23-,24+,25+/m0/s1. The molecular weight excluding hydrogens is 402 g/mol. The molecule has 2 aromatic rings. The molecule has 2 saturated heterocycles. The highest BCUT2D eigenvalue weighted by Crippen LogP contribution is 2.42. The summed E-state index contributed by atoms with van der Waals surface area (Å²) < 4.78 is 0. The second-order valence-electron chi connectivity index (χ2n) is 9.16. The summed E-state index contributed by atoms with van der Waals surface area (Å²) in [5.74, 6) is 0.319. The van der Waals surface area contributed by atoms with Crippen LogP contribution in [0.4, 0.5) is 0 Å². The molecule has 2 aliphatic heterocycles. The van der Waals surface area contributed by atoms with Crippen molar-refractivity contribution < 1.29 is 14.7 Å². The average molecular weight is 436 g/mol. The zero-order chi connectivity index (χ0) is 22.8. The molecule has 0 radical (unpaired) electrons. The molecule has 2 aromatic carbocycles. The Bertz CT molecular complexity index is 973. The van der Waals surface area contributed by atoms with E-state index in [0.717, 1.165) is 37.1 Å². The number of nitrogens with zero attached hydrogens (tertiary/aromatic N) is 3. The summed E-state index contributed by atoms with van der Waals surface area (Å²) in [6.45, 7) is 4.28. The molecule has 2 amide bonds. The number of fused-ring (bicyclic) bond motifs is 1. The Balaban J connectivity index is 1.57. The lowest BCUT2D eigenvalue weighted by Gasteiger charge is -2.57. The Kier molecular flexibility index (Phi) is 6.63. The van der Waals surface area contributed by atoms with Gasteiger partial charge in [0.1, 0.15) is 0 Å². The van der Waals surface area contributed by atoms with Gasteiger partial charge in [0.25, 0.3) is 5.91 Å². The molecule has 0 bridgehead atoms. The highest BCUT2D eigenvalue weighted by atomic mass is 16.3. The summed E-state index contributed by atoms with van der Waals surface area (Å²) in [5, 5.41) is 10.1. The Morgan fingerprint density at radius 1 is 1.03 bits per heavy atom. The van der Waals surface area contributed by atoms with Crippen LogP contribution in [0.25, 0.3) is 11.1 Å². The number of amides is 2. The van der Waals surface area contributed by atoms with Crippen LogP contribution < -0.4 is 0 Å². The highest BCUT2D eigenvalue weighted by molar-refractivity contribution is 5.95. The second-order valence-corrected chi connectivity index (χ2v) is 9.16. The van der Waals surface area contributed by atoms with E-state index in [1.807, 2.05) is 29.2 Å². The fourth-order valence-corrected chi connectivity index (χ4v) is 5.21. The predicted octanol–water partition coefficient (Wildman–Crippen LogP) is 2.83. The van der Waals surface area contributed by atoms with Gasteiger partial charge in [-0.2, -0.15) is 0 Å². The van der Waals surface area contributed by atoms with Crippen molar-refractivity contribution in [3.8, 4) is 11.1 Å². The van der Waals surface area contributed by atoms with Gasteiger partial charge in [0, 0.05) is 57.7 Å². The first-order chi connectivity index (χ1) is 15.4. The molecule has 2 aliphatic rings. The van der Waals surface area contributed by atoms with Gasteiger partial charge in [0.2, 0.25) is 5.91 Å². The zero-order valence-corrected chi connectivity index (χ0v) is 19.2. The van der Waals surface area contributed by atoms with Crippen molar-refractivity contribution in [3.63, 3.8) is 0 Å². The van der Waals surface area contributed by atoms with Gasteiger partial charge >= 0.3 is 0 Å². The summed E-state index contributed by atoms with van der Waals surface area (Å²) >= 11 is 0. The lowest BCUT2D eigenvalue weighted by atomic mass is 9.74. The summed E-state index contributed by atoms with van der Waals surface area (Å²) in [7, 11) is 3.51. The van der Waals surface area contributed by atoms with E-state index in [0.29, 0.717) is 12.1 Å². The first kappa shape index (κ1) is 22.5. The smallest absolute Gasteiger partial charge is 0.253 e. The molecular formula is C26H33N3O3. The number of hydrogen-bond acceptors (Lipinski definition) is 4. The van der Waals surface area contributed by atoms with Crippen molar-refractivity contribution in [2.45, 2.75) is 37.8 Å². The maximum Gasteiger partial charge on any atom is 0.253 e. The van der Waals surface area contributed by atoms with Crippen molar-refractivity contribution in [2.24, 2.45) is 0 Å². The fraction of sp³-hybridized carbons (Fsp3) is 0.462. The third-order valence-electron chi connectivity index (χ3n) is 6.96. The molecule has 2 heterocycles. The molecule has 0 aromatic heterocycles. The summed E-state index contributed by atoms with van der Waals surface area (Å²) in [4.78, 5) is 30.3. The zero-order valence-electron chi connectivity index (χ0n) is 19.2. The molecule has 0 saturated carbocycles. The molecule has 170 valence electrons. The van der Waals surface area contributed by atoms with E-state index in [4.69, 9.17) is 0 Å². The van der Waals surface area contributed by atoms with Crippen LogP contribution in [0.15, 0.2) is 48.5 Å². The van der Waals surface area contributed by atoms with E-state index >= 15 is 0 Å². The number of carbonyl (C=O) groups excluding carboxylic acids is 2. The van der Waals surface area contributed by atoms with Crippen molar-refractivity contribution >= 4 is 11.8 Å². The lowest BCUT2D eigenvalue weighted by Crippen LogP contribution is -2.67. The number of hydrogen-bond donors (Lipinski definition) is 1. The maximum atomic E-state index is 12.3. The monoisotopic (exact) mass is 435 g/mol. The summed E-state index contributed by atoms with van der Waals surface area (Å²) in [6, 6.07) is 16.5. The molecule has 6 heteroatoms. The average Bonchev–Trinajstić information content (AvgIpc) is 2.77. The largest absolute Gasteiger partial charge is 0.395 e. The molecule has 3 atom stereocenters. The highest BCUT2D eigenvalue weighted by Gasteiger charge is 2.49. The SMILES string of the molecule is CC(=O)N1CCCCN2[C@H](CO)[C@H](c3ccc(-c4cccc(C(=O)N(C)C)c4)cc3)[C@@H]2C1. The Morgan fingerprint density at radius 2 is 1.75 bits per heavy atom. The van der Waals surface area contributed by atoms with Crippen LogP contribution >= 0.6 is 0 Å². The number of carbonyl (C=O) groups is 2. The van der Waals surface area contributed by atoms with Crippen molar-refractivity contribution in [1.82, 2.24) is 14.7 Å². The van der Waals surface area contributed by atoms with Gasteiger partial charge in [-0.25, -0.2) is 0 Å². The van der Waals surface area contributed by atoms with Crippen LogP contribution in [0.2, 0.25) is 0 Å². The van der Waals surface area contributed by atoms with Gasteiger partial charge in [-0.15, -0.1) is 0 Å². The quantitative estimate of drug-likeness (QED) is 0.802. The Labute approximate surface area is 190 Å². The normalized spacial score (nSPS) is 23.5. The minimum absolute atomic E-state index is 0.0110. The van der Waals surface area contributed by atoms with Crippen LogP contribution in [0, 0.1) is 0 Å². The van der Waals surface area contributed by atoms with Crippen LogP contribution in [-0.2, 0) is 4.79 Å². The number of rotatable bonds is 4. The van der Waals surface area contributed by atoms with Gasteiger partial charge in [-0.1, -0.05) is 36.4 Å². The number of aliphatic hydroxyl groups excluding tert-OH is 1. The van der Waals surface area contributed by atoms with Crippen LogP contribution in [-0.4, -0.2) is 84.0 Å². The molecule has 1 N–H and O–H groups in total. The van der Waals surface area contributed by atoms with E-state index in [1.165, 1.54) is 5.56 Å². The number of benzene rings is 2. The number of aliphatic hydroxyl groups is 1. The molecule has 2 fully saturated rings. The predicted molar refractivity (Wildman–Crippen MR) is 125 cm³/mol. The molecule has 6 nitrogen and oxygen atoms in total. The first-order valence-corrected chi connectivity index (χ1v) is 11.4. The summed E-state index contributed by atoms with van der Waals surface area (Å²) in [6.07, 6.45) is 2.06. The molecule has 0 unspecified atom stereocenters. The van der Waals surface area contributed by atoms with Crippen molar-refractivity contribution in [1.29, 1.82) is 0 Å². The van der Waals surface area contributed by atoms with Gasteiger partial charge in [-0.05, 0) is 48.2 Å². The first-order valence-electron chi connectivity index (χ1n) is 11.4. The Hall–Kier alpha value is -2.70. The van der Waals surface area contributed by atoms with Crippen LogP contribution in [0.3, 0.4) is 0 Å². The fourth-order valence-electron chi connectivity index (χ4n) is 5.21. The van der Waals surface area contributed by atoms with E-state index in [1.54, 1.807) is 25.9 Å². The van der Waals surface area contributed by atoms with Gasteiger partial charge < -0.3 is 14.9 Å². The van der Waals surface area contributed by atoms with E-state index in [2.05, 4.69) is 29.2 Å². The van der Waals surface area contributed by atoms with Crippen LogP contribution in [0.5, 0.6) is 0 Å². The maximum absolute atomic E-state index is 12.3. The summed E-state index contributed by atoms with van der Waals surface area (Å²) in [5.41, 5.74) is 3.93. The van der Waals surface area contributed by atoms with Gasteiger partial charge in [0.05, 0.1) is 6.61 Å². The molecule has 0 aliphatic carbocycles. The van der Waals surface area contributed by atoms with E-state index in [9.17, 15) is 14.7 Å². The molecule has 4 rings (SSSR count). The minimum Gasteiger partial charge on any atom is -0.395 e.